The third-order valence-electron chi connectivity index (χ3n) is 2.51. The molecule has 0 amide bonds. The number of Topliss-reactive ketones (excluding diaryl/α,β-unsaturated/α-hetero) is 1. The number of benzene rings is 1. The number of carbonyl (C=O) groups excluding carboxylic acids is 2. The van der Waals surface area contributed by atoms with E-state index in [9.17, 15) is 9.59 Å². The predicted octanol–water partition coefficient (Wildman–Crippen LogP) is 1.65. The third kappa shape index (κ3) is 4.71. The van der Waals surface area contributed by atoms with E-state index < -0.39 is 5.97 Å². The minimum absolute atomic E-state index is 0.0462. The molecule has 7 nitrogen and oxygen atoms in total. The lowest BCUT2D eigenvalue weighted by Gasteiger charge is -2.04. The highest BCUT2D eigenvalue weighted by Crippen LogP contribution is 2.23. The van der Waals surface area contributed by atoms with E-state index in [0.29, 0.717) is 20.8 Å². The van der Waals surface area contributed by atoms with Gasteiger partial charge in [-0.3, -0.25) is 9.59 Å². The summed E-state index contributed by atoms with van der Waals surface area (Å²) in [7, 11) is 1.54. The molecule has 22 heavy (non-hydrogen) atoms. The van der Waals surface area contributed by atoms with E-state index in [2.05, 4.69) is 10.2 Å². The lowest BCUT2D eigenvalue weighted by atomic mass is 10.1. The molecule has 0 fully saturated rings. The Labute approximate surface area is 134 Å². The number of nitrogen functional groups attached to an aromatic ring is 1. The molecule has 1 aromatic heterocycles. The fraction of sp³-hybridized carbons (Fsp3) is 0.231. The number of hydrogen-bond acceptors (Lipinski definition) is 9. The fourth-order valence-corrected chi connectivity index (χ4v) is 2.88. The Kier molecular flexibility index (Phi) is 5.73. The van der Waals surface area contributed by atoms with Crippen LogP contribution in [0.2, 0.25) is 0 Å². The number of esters is 1. The van der Waals surface area contributed by atoms with E-state index in [-0.39, 0.29) is 18.1 Å². The van der Waals surface area contributed by atoms with Gasteiger partial charge in [0.2, 0.25) is 5.13 Å². The van der Waals surface area contributed by atoms with Crippen LogP contribution in [0.5, 0.6) is 5.75 Å². The summed E-state index contributed by atoms with van der Waals surface area (Å²) in [5, 5.41) is 7.74. The maximum absolute atomic E-state index is 11.9. The fourth-order valence-electron chi connectivity index (χ4n) is 1.45. The minimum atomic E-state index is -0.499. The topological polar surface area (TPSA) is 104 Å². The molecular weight excluding hydrogens is 326 g/mol. The van der Waals surface area contributed by atoms with Crippen LogP contribution >= 0.6 is 23.1 Å². The number of methoxy groups -OCH3 is 1. The Balaban J connectivity index is 1.76. The third-order valence-corrected chi connectivity index (χ3v) is 4.37. The number of carbonyl (C=O) groups is 2. The van der Waals surface area contributed by atoms with Crippen molar-refractivity contribution in [3.05, 3.63) is 29.8 Å². The zero-order chi connectivity index (χ0) is 15.9. The van der Waals surface area contributed by atoms with Gasteiger partial charge < -0.3 is 15.2 Å². The number of thioether (sulfide) groups is 1. The number of nitrogens with two attached hydrogens (primary N) is 1. The number of ketones is 1. The summed E-state index contributed by atoms with van der Waals surface area (Å²) in [4.78, 5) is 23.4. The zero-order valence-corrected chi connectivity index (χ0v) is 13.3. The van der Waals surface area contributed by atoms with E-state index in [0.717, 1.165) is 11.8 Å². The maximum Gasteiger partial charge on any atom is 0.316 e. The number of nitrogens with zero attached hydrogens (tertiary/aromatic N) is 2. The van der Waals surface area contributed by atoms with Crippen molar-refractivity contribution < 1.29 is 19.1 Å². The lowest BCUT2D eigenvalue weighted by molar-refractivity contribution is -0.139. The zero-order valence-electron chi connectivity index (χ0n) is 11.6. The molecule has 0 saturated carbocycles. The predicted molar refractivity (Wildman–Crippen MR) is 83.3 cm³/mol. The second-order valence-electron chi connectivity index (χ2n) is 4.01. The molecule has 0 unspecified atom stereocenters. The van der Waals surface area contributed by atoms with Gasteiger partial charge in [0.25, 0.3) is 0 Å². The standard InChI is InChI=1S/C13H13N3O4S2/c1-19-9-4-2-8(3-5-9)10(17)6-20-11(18)7-21-13-16-15-12(14)22-13/h2-5H,6-7H2,1H3,(H2,14,15). The molecule has 0 spiro atoms. The summed E-state index contributed by atoms with van der Waals surface area (Å²) < 4.78 is 10.5. The highest BCUT2D eigenvalue weighted by atomic mass is 32.2. The van der Waals surface area contributed by atoms with Gasteiger partial charge in [0, 0.05) is 5.56 Å². The summed E-state index contributed by atoms with van der Waals surface area (Å²) in [5.41, 5.74) is 5.89. The smallest absolute Gasteiger partial charge is 0.316 e. The summed E-state index contributed by atoms with van der Waals surface area (Å²) in [5.74, 6) is -0.0760. The van der Waals surface area contributed by atoms with Gasteiger partial charge in [-0.1, -0.05) is 23.1 Å². The van der Waals surface area contributed by atoms with Crippen LogP contribution in [0, 0.1) is 0 Å². The molecule has 116 valence electrons. The largest absolute Gasteiger partial charge is 0.497 e. The summed E-state index contributed by atoms with van der Waals surface area (Å²) in [6.45, 7) is -0.302. The Bertz CT molecular complexity index is 658. The van der Waals surface area contributed by atoms with Gasteiger partial charge in [0.05, 0.1) is 12.9 Å². The van der Waals surface area contributed by atoms with Gasteiger partial charge in [-0.2, -0.15) is 0 Å². The van der Waals surface area contributed by atoms with Crippen molar-refractivity contribution in [2.24, 2.45) is 0 Å². The number of rotatable bonds is 7. The molecule has 2 aromatic rings. The van der Waals surface area contributed by atoms with Gasteiger partial charge in [0.1, 0.15) is 5.75 Å². The van der Waals surface area contributed by atoms with Crippen molar-refractivity contribution in [1.82, 2.24) is 10.2 Å². The molecule has 2 N–H and O–H groups in total. The molecule has 2 rings (SSSR count). The first-order valence-electron chi connectivity index (χ1n) is 6.13. The highest BCUT2D eigenvalue weighted by Gasteiger charge is 2.12. The number of ether oxygens (including phenoxy) is 2. The highest BCUT2D eigenvalue weighted by molar-refractivity contribution is 8.01. The van der Waals surface area contributed by atoms with E-state index in [1.807, 2.05) is 0 Å². The number of anilines is 1. The molecule has 0 saturated heterocycles. The number of hydrogen-bond donors (Lipinski definition) is 1. The van der Waals surface area contributed by atoms with E-state index in [1.165, 1.54) is 11.3 Å². The van der Waals surface area contributed by atoms with Gasteiger partial charge in [-0.05, 0) is 24.3 Å². The summed E-state index contributed by atoms with van der Waals surface area (Å²) >= 11 is 2.35. The minimum Gasteiger partial charge on any atom is -0.497 e. The van der Waals surface area contributed by atoms with Crippen molar-refractivity contribution in [2.75, 3.05) is 25.2 Å². The second-order valence-corrected chi connectivity index (χ2v) is 6.24. The average molecular weight is 339 g/mol. The normalized spacial score (nSPS) is 10.2. The lowest BCUT2D eigenvalue weighted by Crippen LogP contribution is -2.15. The molecule has 9 heteroatoms. The Morgan fingerprint density at radius 1 is 1.27 bits per heavy atom. The molecule has 0 atom stereocenters. The van der Waals surface area contributed by atoms with E-state index >= 15 is 0 Å². The first kappa shape index (κ1) is 16.2. The second kappa shape index (κ2) is 7.76. The van der Waals surface area contributed by atoms with Crippen molar-refractivity contribution in [2.45, 2.75) is 4.34 Å². The monoisotopic (exact) mass is 339 g/mol. The van der Waals surface area contributed by atoms with Crippen LogP contribution in [-0.2, 0) is 9.53 Å². The first-order chi connectivity index (χ1) is 10.6. The van der Waals surface area contributed by atoms with Crippen molar-refractivity contribution in [1.29, 1.82) is 0 Å². The van der Waals surface area contributed by atoms with Crippen molar-refractivity contribution in [3.63, 3.8) is 0 Å². The van der Waals surface area contributed by atoms with Crippen LogP contribution in [0.4, 0.5) is 5.13 Å². The van der Waals surface area contributed by atoms with Crippen molar-refractivity contribution in [3.8, 4) is 5.75 Å². The first-order valence-corrected chi connectivity index (χ1v) is 7.93. The molecule has 1 aromatic carbocycles. The van der Waals surface area contributed by atoms with Crippen LogP contribution in [0.3, 0.4) is 0 Å². The van der Waals surface area contributed by atoms with Crippen LogP contribution in [0.1, 0.15) is 10.4 Å². The molecule has 1 heterocycles. The summed E-state index contributed by atoms with van der Waals surface area (Å²) in [6.07, 6.45) is 0. The maximum atomic E-state index is 11.9. The molecule has 0 aliphatic heterocycles. The molecule has 0 aliphatic rings. The Morgan fingerprint density at radius 3 is 2.59 bits per heavy atom. The Hall–Kier alpha value is -2.13. The van der Waals surface area contributed by atoms with Crippen LogP contribution < -0.4 is 10.5 Å². The van der Waals surface area contributed by atoms with E-state index in [1.54, 1.807) is 31.4 Å². The average Bonchev–Trinajstić information content (AvgIpc) is 2.96. The van der Waals surface area contributed by atoms with Gasteiger partial charge in [-0.25, -0.2) is 0 Å². The van der Waals surface area contributed by atoms with Gasteiger partial charge in [-0.15, -0.1) is 10.2 Å². The molecular formula is C13H13N3O4S2. The number of aromatic nitrogens is 2. The molecule has 0 bridgehead atoms. The van der Waals surface area contributed by atoms with Gasteiger partial charge in [0.15, 0.2) is 16.7 Å². The van der Waals surface area contributed by atoms with E-state index in [4.69, 9.17) is 15.2 Å². The Morgan fingerprint density at radius 2 is 2.00 bits per heavy atom. The van der Waals surface area contributed by atoms with Crippen LogP contribution in [0.25, 0.3) is 0 Å². The SMILES string of the molecule is COc1ccc(C(=O)COC(=O)CSc2nnc(N)s2)cc1. The van der Waals surface area contributed by atoms with Crippen LogP contribution in [0.15, 0.2) is 28.6 Å². The summed E-state index contributed by atoms with van der Waals surface area (Å²) in [6, 6.07) is 6.58. The molecule has 0 radical (unpaired) electrons. The van der Waals surface area contributed by atoms with Gasteiger partial charge >= 0.3 is 5.97 Å². The quantitative estimate of drug-likeness (QED) is 0.461. The van der Waals surface area contributed by atoms with Crippen molar-refractivity contribution >= 4 is 40.0 Å². The molecule has 0 aliphatic carbocycles. The van der Waals surface area contributed by atoms with Crippen LogP contribution in [-0.4, -0.2) is 41.4 Å².